The molecule has 4 aliphatic rings. The molecule has 1 saturated carbocycles. The van der Waals surface area contributed by atoms with Crippen molar-refractivity contribution in [1.29, 1.82) is 0 Å². The number of benzene rings is 1. The van der Waals surface area contributed by atoms with Crippen molar-refractivity contribution in [3.8, 4) is 0 Å². The van der Waals surface area contributed by atoms with Crippen LogP contribution in [-0.4, -0.2) is 35.7 Å². The van der Waals surface area contributed by atoms with Crippen LogP contribution in [0.25, 0.3) is 0 Å². The molecule has 0 aromatic heterocycles. The highest BCUT2D eigenvalue weighted by molar-refractivity contribution is 5.42. The normalized spacial score (nSPS) is 42.5. The average Bonchev–Trinajstić information content (AvgIpc) is 2.50. The van der Waals surface area contributed by atoms with Crippen molar-refractivity contribution in [2.75, 3.05) is 13.7 Å². The summed E-state index contributed by atoms with van der Waals surface area (Å²) in [5, 5.41) is 9.72. The van der Waals surface area contributed by atoms with E-state index in [1.54, 1.807) is 11.1 Å². The van der Waals surface area contributed by atoms with E-state index in [1.807, 2.05) is 0 Å². The predicted molar refractivity (Wildman–Crippen MR) is 80.8 cm³/mol. The number of nitrogens with zero attached hydrogens (tertiary/aromatic N) is 1. The molecule has 1 aromatic rings. The lowest BCUT2D eigenvalue weighted by Gasteiger charge is -2.65. The van der Waals surface area contributed by atoms with Crippen molar-refractivity contribution in [1.82, 2.24) is 4.90 Å². The molecule has 3 fully saturated rings. The van der Waals surface area contributed by atoms with Crippen LogP contribution in [0.4, 0.5) is 0 Å². The molecule has 2 nitrogen and oxygen atoms in total. The number of piperidine rings is 2. The summed E-state index contributed by atoms with van der Waals surface area (Å²) >= 11 is 0. The van der Waals surface area contributed by atoms with Crippen LogP contribution < -0.4 is 0 Å². The molecular formula is C18H25NO. The Morgan fingerprint density at radius 3 is 2.85 bits per heavy atom. The van der Waals surface area contributed by atoms with Gasteiger partial charge in [-0.25, -0.2) is 0 Å². The summed E-state index contributed by atoms with van der Waals surface area (Å²) in [5.41, 5.74) is 3.57. The fourth-order valence-corrected chi connectivity index (χ4v) is 5.73. The third-order valence-corrected chi connectivity index (χ3v) is 6.74. The Morgan fingerprint density at radius 2 is 2.10 bits per heavy atom. The zero-order valence-electron chi connectivity index (χ0n) is 12.5. The van der Waals surface area contributed by atoms with Gasteiger partial charge in [-0.05, 0) is 55.7 Å². The molecule has 20 heavy (non-hydrogen) atoms. The Bertz CT molecular complexity index is 528. The molecule has 0 amide bonds. The van der Waals surface area contributed by atoms with E-state index in [2.05, 4.69) is 43.1 Å². The first-order chi connectivity index (χ1) is 9.71. The summed E-state index contributed by atoms with van der Waals surface area (Å²) in [6.07, 6.45) is 4.91. The minimum Gasteiger partial charge on any atom is -0.396 e. The Balaban J connectivity index is 1.86. The fourth-order valence-electron chi connectivity index (χ4n) is 5.73. The van der Waals surface area contributed by atoms with E-state index in [4.69, 9.17) is 0 Å². The van der Waals surface area contributed by atoms with Crippen LogP contribution >= 0.6 is 0 Å². The minimum atomic E-state index is 0.361. The molecule has 1 N–H and O–H groups in total. The predicted octanol–water partition coefficient (Wildman–Crippen LogP) is 2.59. The second-order valence-electron chi connectivity index (χ2n) is 7.16. The third-order valence-electron chi connectivity index (χ3n) is 6.74. The van der Waals surface area contributed by atoms with Crippen LogP contribution in [0.2, 0.25) is 0 Å². The maximum atomic E-state index is 9.72. The summed E-state index contributed by atoms with van der Waals surface area (Å²) in [7, 11) is 2.29. The number of likely N-dealkylation sites (N-methyl/N-ethyl adjacent to an activating group) is 1. The topological polar surface area (TPSA) is 23.5 Å². The van der Waals surface area contributed by atoms with Gasteiger partial charge in [0, 0.05) is 24.1 Å². The van der Waals surface area contributed by atoms with Gasteiger partial charge in [-0.15, -0.1) is 0 Å². The maximum absolute atomic E-state index is 9.72. The molecule has 108 valence electrons. The van der Waals surface area contributed by atoms with Gasteiger partial charge in [-0.1, -0.05) is 31.2 Å². The number of fused-ring (bicyclic) bond motifs is 2. The lowest BCUT2D eigenvalue weighted by Crippen LogP contribution is -2.68. The van der Waals surface area contributed by atoms with Gasteiger partial charge < -0.3 is 5.11 Å². The molecule has 4 bridgehead atoms. The van der Waals surface area contributed by atoms with Crippen molar-refractivity contribution >= 4 is 0 Å². The number of hydrogen-bond donors (Lipinski definition) is 1. The molecule has 5 atom stereocenters. The molecule has 0 radical (unpaired) electrons. The van der Waals surface area contributed by atoms with Crippen molar-refractivity contribution in [3.05, 3.63) is 35.4 Å². The number of aliphatic hydroxyl groups excluding tert-OH is 1. The molecule has 2 aliphatic carbocycles. The monoisotopic (exact) mass is 271 g/mol. The highest BCUT2D eigenvalue weighted by Crippen LogP contribution is 2.59. The van der Waals surface area contributed by atoms with Crippen LogP contribution in [0, 0.1) is 11.8 Å². The molecule has 5 rings (SSSR count). The van der Waals surface area contributed by atoms with Crippen LogP contribution in [0.3, 0.4) is 0 Å². The fraction of sp³-hybridized carbons (Fsp3) is 0.667. The minimum absolute atomic E-state index is 0.361. The Hall–Kier alpha value is -0.860. The van der Waals surface area contributed by atoms with Crippen molar-refractivity contribution < 1.29 is 5.11 Å². The van der Waals surface area contributed by atoms with E-state index in [1.165, 1.54) is 25.7 Å². The molecule has 0 spiro atoms. The SMILES string of the molecule is CC[C@@]12CC3[C@@H](CO)CC1C(Cc1ccccc12)N3C. The van der Waals surface area contributed by atoms with E-state index < -0.39 is 0 Å². The zero-order chi connectivity index (χ0) is 13.9. The van der Waals surface area contributed by atoms with Gasteiger partial charge in [0.25, 0.3) is 0 Å². The molecule has 3 unspecified atom stereocenters. The zero-order valence-corrected chi connectivity index (χ0v) is 12.5. The summed E-state index contributed by atoms with van der Waals surface area (Å²) < 4.78 is 0. The van der Waals surface area contributed by atoms with Gasteiger partial charge in [-0.3, -0.25) is 4.90 Å². The van der Waals surface area contributed by atoms with E-state index in [0.29, 0.717) is 30.0 Å². The molecular weight excluding hydrogens is 246 g/mol. The van der Waals surface area contributed by atoms with Crippen molar-refractivity contribution in [3.63, 3.8) is 0 Å². The standard InChI is InChI=1S/C18H25NO/c1-3-18-10-17-13(11-20)8-15(18)16(19(17)2)9-12-6-4-5-7-14(12)18/h4-7,13,15-17,20H,3,8-11H2,1-2H3/t13-,15?,16?,17?,18+/m1/s1. The van der Waals surface area contributed by atoms with Crippen LogP contribution in [0.5, 0.6) is 0 Å². The average molecular weight is 271 g/mol. The summed E-state index contributed by atoms with van der Waals surface area (Å²) in [5.74, 6) is 1.22. The first-order valence-electron chi connectivity index (χ1n) is 8.12. The summed E-state index contributed by atoms with van der Waals surface area (Å²) in [4.78, 5) is 2.60. The van der Waals surface area contributed by atoms with E-state index in [9.17, 15) is 5.11 Å². The van der Waals surface area contributed by atoms with Gasteiger partial charge in [0.05, 0.1) is 0 Å². The molecule has 2 heteroatoms. The summed E-state index contributed by atoms with van der Waals surface area (Å²) in [6.45, 7) is 2.73. The number of aliphatic hydroxyl groups is 1. The van der Waals surface area contributed by atoms with Crippen LogP contribution in [0.15, 0.2) is 24.3 Å². The van der Waals surface area contributed by atoms with E-state index in [-0.39, 0.29) is 0 Å². The molecule has 2 aliphatic heterocycles. The third kappa shape index (κ3) is 1.42. The van der Waals surface area contributed by atoms with Crippen LogP contribution in [-0.2, 0) is 11.8 Å². The second-order valence-corrected chi connectivity index (χ2v) is 7.16. The van der Waals surface area contributed by atoms with Gasteiger partial charge >= 0.3 is 0 Å². The highest BCUT2D eigenvalue weighted by Gasteiger charge is 2.59. The second kappa shape index (κ2) is 4.32. The first-order valence-corrected chi connectivity index (χ1v) is 8.12. The van der Waals surface area contributed by atoms with Gasteiger partial charge in [0.2, 0.25) is 0 Å². The lowest BCUT2D eigenvalue weighted by atomic mass is 9.48. The number of rotatable bonds is 2. The first kappa shape index (κ1) is 12.8. The summed E-state index contributed by atoms with van der Waals surface area (Å²) in [6, 6.07) is 10.4. The van der Waals surface area contributed by atoms with Crippen LogP contribution in [0.1, 0.15) is 37.3 Å². The Kier molecular flexibility index (Phi) is 2.77. The van der Waals surface area contributed by atoms with Crippen molar-refractivity contribution in [2.45, 2.75) is 50.1 Å². The Morgan fingerprint density at radius 1 is 1.30 bits per heavy atom. The number of hydrogen-bond acceptors (Lipinski definition) is 2. The Labute approximate surface area is 121 Å². The smallest absolute Gasteiger partial charge is 0.0474 e. The molecule has 1 aromatic carbocycles. The van der Waals surface area contributed by atoms with E-state index >= 15 is 0 Å². The van der Waals surface area contributed by atoms with Gasteiger partial charge in [-0.2, -0.15) is 0 Å². The van der Waals surface area contributed by atoms with Crippen molar-refractivity contribution in [2.24, 2.45) is 11.8 Å². The quantitative estimate of drug-likeness (QED) is 0.893. The van der Waals surface area contributed by atoms with Gasteiger partial charge in [0.1, 0.15) is 0 Å². The highest BCUT2D eigenvalue weighted by atomic mass is 16.3. The largest absolute Gasteiger partial charge is 0.396 e. The van der Waals surface area contributed by atoms with E-state index in [0.717, 1.165) is 5.92 Å². The lowest BCUT2D eigenvalue weighted by molar-refractivity contribution is -0.106. The maximum Gasteiger partial charge on any atom is 0.0474 e. The molecule has 2 saturated heterocycles. The molecule has 2 heterocycles. The van der Waals surface area contributed by atoms with Gasteiger partial charge in [0.15, 0.2) is 0 Å².